The average molecular weight is 293 g/mol. The highest BCUT2D eigenvalue weighted by Crippen LogP contribution is 2.23. The first-order chi connectivity index (χ1) is 9.11. The van der Waals surface area contributed by atoms with Crippen LogP contribution < -0.4 is 5.32 Å². The fourth-order valence-electron chi connectivity index (χ4n) is 2.17. The molecule has 0 spiro atoms. The van der Waals surface area contributed by atoms with E-state index in [4.69, 9.17) is 0 Å². The van der Waals surface area contributed by atoms with Crippen molar-refractivity contribution in [3.05, 3.63) is 52.4 Å². The Balaban J connectivity index is 2.18. The first kappa shape index (κ1) is 14.4. The minimum absolute atomic E-state index is 0.128. The first-order valence-corrected chi connectivity index (χ1v) is 8.48. The number of hydrogen-bond acceptors (Lipinski definition) is 3. The van der Waals surface area contributed by atoms with Crippen molar-refractivity contribution < 1.29 is 4.21 Å². The van der Waals surface area contributed by atoms with Crippen molar-refractivity contribution in [2.75, 3.05) is 12.8 Å². The Morgan fingerprint density at radius 2 is 2.11 bits per heavy atom. The van der Waals surface area contributed by atoms with Gasteiger partial charge in [-0.1, -0.05) is 29.8 Å². The fourth-order valence-corrected chi connectivity index (χ4v) is 4.46. The largest absolute Gasteiger partial charge is 0.312 e. The molecule has 1 aromatic heterocycles. The lowest BCUT2D eigenvalue weighted by Gasteiger charge is -2.18. The summed E-state index contributed by atoms with van der Waals surface area (Å²) >= 11 is 1.56. The third-order valence-corrected chi connectivity index (χ3v) is 5.92. The molecule has 0 aliphatic carbocycles. The van der Waals surface area contributed by atoms with Crippen molar-refractivity contribution in [1.29, 1.82) is 0 Å². The summed E-state index contributed by atoms with van der Waals surface area (Å²) in [5, 5.41) is 5.25. The lowest BCUT2D eigenvalue weighted by Crippen LogP contribution is -2.23. The van der Waals surface area contributed by atoms with Crippen LogP contribution >= 0.6 is 11.3 Å². The van der Waals surface area contributed by atoms with Gasteiger partial charge < -0.3 is 5.32 Å². The summed E-state index contributed by atoms with van der Waals surface area (Å²) in [6.07, 6.45) is 0. The van der Waals surface area contributed by atoms with Gasteiger partial charge in [-0.3, -0.25) is 4.21 Å². The highest BCUT2D eigenvalue weighted by Gasteiger charge is 2.16. The van der Waals surface area contributed by atoms with Gasteiger partial charge in [-0.15, -0.1) is 11.3 Å². The smallest absolute Gasteiger partial charge is 0.0911 e. The van der Waals surface area contributed by atoms with Crippen LogP contribution in [-0.4, -0.2) is 17.0 Å². The lowest BCUT2D eigenvalue weighted by molar-refractivity contribution is 0.634. The molecular formula is C15H19NOS2. The topological polar surface area (TPSA) is 29.1 Å². The minimum atomic E-state index is -0.940. The highest BCUT2D eigenvalue weighted by molar-refractivity contribution is 7.87. The average Bonchev–Trinajstić information content (AvgIpc) is 2.90. The fraction of sp³-hybridized carbons (Fsp3) is 0.333. The van der Waals surface area contributed by atoms with Crippen LogP contribution in [0.3, 0.4) is 0 Å². The standard InChI is InChI=1S/C15H19NOS2/c1-11-6-7-13(12(2)9-11)14(16-3)10-19(17)15-5-4-8-18-15/h4-9,14,16H,10H2,1-3H3. The van der Waals surface area contributed by atoms with Crippen LogP contribution in [-0.2, 0) is 10.8 Å². The monoisotopic (exact) mass is 293 g/mol. The molecule has 0 saturated heterocycles. The quantitative estimate of drug-likeness (QED) is 0.915. The summed E-state index contributed by atoms with van der Waals surface area (Å²) in [6.45, 7) is 4.20. The molecule has 2 nitrogen and oxygen atoms in total. The number of hydrogen-bond donors (Lipinski definition) is 1. The van der Waals surface area contributed by atoms with Crippen molar-refractivity contribution in [3.63, 3.8) is 0 Å². The Kier molecular flexibility index (Phi) is 4.91. The van der Waals surface area contributed by atoms with Gasteiger partial charge in [0.15, 0.2) is 0 Å². The van der Waals surface area contributed by atoms with Crippen molar-refractivity contribution in [1.82, 2.24) is 5.32 Å². The van der Waals surface area contributed by atoms with E-state index in [2.05, 4.69) is 37.4 Å². The molecule has 0 radical (unpaired) electrons. The van der Waals surface area contributed by atoms with Crippen molar-refractivity contribution >= 4 is 22.1 Å². The van der Waals surface area contributed by atoms with Crippen molar-refractivity contribution in [3.8, 4) is 0 Å². The van der Waals surface area contributed by atoms with Gasteiger partial charge in [0.25, 0.3) is 0 Å². The summed E-state index contributed by atoms with van der Waals surface area (Å²) in [4.78, 5) is 0. The Morgan fingerprint density at radius 1 is 1.32 bits per heavy atom. The van der Waals surface area contributed by atoms with Gasteiger partial charge >= 0.3 is 0 Å². The maximum Gasteiger partial charge on any atom is 0.0911 e. The van der Waals surface area contributed by atoms with E-state index in [-0.39, 0.29) is 6.04 Å². The molecule has 2 atom stereocenters. The van der Waals surface area contributed by atoms with E-state index in [0.29, 0.717) is 5.75 Å². The molecule has 0 bridgehead atoms. The highest BCUT2D eigenvalue weighted by atomic mass is 32.2. The van der Waals surface area contributed by atoms with Crippen LogP contribution in [0.5, 0.6) is 0 Å². The van der Waals surface area contributed by atoms with Crippen LogP contribution in [0.25, 0.3) is 0 Å². The zero-order chi connectivity index (χ0) is 13.8. The number of thiophene rings is 1. The SMILES string of the molecule is CNC(CS(=O)c1cccs1)c1ccc(C)cc1C. The van der Waals surface area contributed by atoms with Crippen LogP contribution in [0, 0.1) is 13.8 Å². The molecule has 4 heteroatoms. The van der Waals surface area contributed by atoms with E-state index in [0.717, 1.165) is 4.21 Å². The minimum Gasteiger partial charge on any atom is -0.312 e. The second-order valence-electron chi connectivity index (χ2n) is 4.65. The number of rotatable bonds is 5. The summed E-state index contributed by atoms with van der Waals surface area (Å²) < 4.78 is 13.3. The molecular weight excluding hydrogens is 274 g/mol. The van der Waals surface area contributed by atoms with Crippen LogP contribution in [0.15, 0.2) is 39.9 Å². The van der Waals surface area contributed by atoms with Crippen LogP contribution in [0.4, 0.5) is 0 Å². The second kappa shape index (κ2) is 6.46. The van der Waals surface area contributed by atoms with Gasteiger partial charge in [0.05, 0.1) is 15.0 Å². The molecule has 2 rings (SSSR count). The van der Waals surface area contributed by atoms with Gasteiger partial charge in [0.1, 0.15) is 0 Å². The molecule has 0 fully saturated rings. The van der Waals surface area contributed by atoms with E-state index in [1.54, 1.807) is 11.3 Å². The summed E-state index contributed by atoms with van der Waals surface area (Å²) in [7, 11) is 0.986. The molecule has 0 saturated carbocycles. The van der Waals surface area contributed by atoms with E-state index < -0.39 is 10.8 Å². The van der Waals surface area contributed by atoms with Gasteiger partial charge in [-0.25, -0.2) is 0 Å². The van der Waals surface area contributed by atoms with Gasteiger partial charge in [0.2, 0.25) is 0 Å². The third kappa shape index (κ3) is 3.53. The Labute approximate surface area is 121 Å². The van der Waals surface area contributed by atoms with E-state index in [1.807, 2.05) is 24.6 Å². The molecule has 0 aliphatic rings. The van der Waals surface area contributed by atoms with E-state index in [9.17, 15) is 4.21 Å². The maximum atomic E-state index is 12.3. The summed E-state index contributed by atoms with van der Waals surface area (Å²) in [5.74, 6) is 0.612. The van der Waals surface area contributed by atoms with Gasteiger partial charge in [0, 0.05) is 11.8 Å². The molecule has 2 unspecified atom stereocenters. The van der Waals surface area contributed by atoms with Crippen molar-refractivity contribution in [2.24, 2.45) is 0 Å². The molecule has 102 valence electrons. The van der Waals surface area contributed by atoms with Gasteiger partial charge in [-0.2, -0.15) is 0 Å². The maximum absolute atomic E-state index is 12.3. The number of aryl methyl sites for hydroxylation is 2. The van der Waals surface area contributed by atoms with Crippen LogP contribution in [0.2, 0.25) is 0 Å². The summed E-state index contributed by atoms with van der Waals surface area (Å²) in [5.41, 5.74) is 3.75. The Bertz CT molecular complexity index is 564. The Morgan fingerprint density at radius 3 is 2.68 bits per heavy atom. The zero-order valence-electron chi connectivity index (χ0n) is 11.5. The van der Waals surface area contributed by atoms with Crippen molar-refractivity contribution in [2.45, 2.75) is 24.1 Å². The third-order valence-electron chi connectivity index (χ3n) is 3.19. The Hall–Kier alpha value is -0.970. The number of nitrogens with one attached hydrogen (secondary N) is 1. The normalized spacial score (nSPS) is 14.3. The van der Waals surface area contributed by atoms with E-state index in [1.165, 1.54) is 16.7 Å². The molecule has 1 N–H and O–H groups in total. The molecule has 2 aromatic rings. The van der Waals surface area contributed by atoms with Gasteiger partial charge in [-0.05, 0) is 43.5 Å². The van der Waals surface area contributed by atoms with E-state index >= 15 is 0 Å². The zero-order valence-corrected chi connectivity index (χ0v) is 13.1. The molecule has 1 aromatic carbocycles. The lowest BCUT2D eigenvalue weighted by atomic mass is 10.0. The number of benzene rings is 1. The second-order valence-corrected chi connectivity index (χ2v) is 7.32. The first-order valence-electron chi connectivity index (χ1n) is 6.28. The summed E-state index contributed by atoms with van der Waals surface area (Å²) in [6, 6.07) is 10.4. The predicted octanol–water partition coefficient (Wildman–Crippen LogP) is 3.43. The van der Waals surface area contributed by atoms with Crippen LogP contribution in [0.1, 0.15) is 22.7 Å². The molecule has 0 amide bonds. The molecule has 19 heavy (non-hydrogen) atoms. The molecule has 0 aliphatic heterocycles. The molecule has 1 heterocycles. The predicted molar refractivity (Wildman–Crippen MR) is 83.3 cm³/mol.